The molecule has 2 aliphatic rings. The fourth-order valence-corrected chi connectivity index (χ4v) is 6.21. The molecular weight excluding hydrogens is 502 g/mol. The standard InChI is InChI=1S/C31H35N7O2/c1-23(39)36-18-16-26-11-8-12-27(37(26)20-25-10-6-7-17-32-25)21-35(19-24-9-2-5-15-30(24)36)31(40)22-38-33-28-13-3-4-14-29(28)34-38/h2-7,9-10,13-15,17,26-27H,8,11-12,16,18-22H2,1H3. The van der Waals surface area contributed by atoms with Gasteiger partial charge in [0.25, 0.3) is 0 Å². The van der Waals surface area contributed by atoms with Gasteiger partial charge in [0.15, 0.2) is 0 Å². The van der Waals surface area contributed by atoms with E-state index in [-0.39, 0.29) is 24.4 Å². The molecule has 9 nitrogen and oxygen atoms in total. The second-order valence-corrected chi connectivity index (χ2v) is 10.8. The highest BCUT2D eigenvalue weighted by Gasteiger charge is 2.35. The summed E-state index contributed by atoms with van der Waals surface area (Å²) in [6.45, 7) is 4.05. The SMILES string of the molecule is CC(=O)N1CCC2CCCC(CN(C(=O)Cn3nc4ccccc4n3)Cc3ccccc31)N2Cc1ccccn1. The normalized spacial score (nSPS) is 20.1. The van der Waals surface area contributed by atoms with Crippen LogP contribution in [0.4, 0.5) is 5.69 Å². The fourth-order valence-electron chi connectivity index (χ4n) is 6.21. The molecule has 6 rings (SSSR count). The van der Waals surface area contributed by atoms with Gasteiger partial charge in [-0.05, 0) is 55.2 Å². The molecule has 206 valence electrons. The Morgan fingerprint density at radius 3 is 2.35 bits per heavy atom. The number of rotatable bonds is 4. The molecule has 1 saturated heterocycles. The van der Waals surface area contributed by atoms with Crippen LogP contribution >= 0.6 is 0 Å². The highest BCUT2D eigenvalue weighted by atomic mass is 16.2. The van der Waals surface area contributed by atoms with E-state index in [0.29, 0.717) is 25.7 Å². The summed E-state index contributed by atoms with van der Waals surface area (Å²) < 4.78 is 0. The van der Waals surface area contributed by atoms with E-state index in [1.165, 1.54) is 4.80 Å². The molecular formula is C31H35N7O2. The van der Waals surface area contributed by atoms with E-state index < -0.39 is 0 Å². The van der Waals surface area contributed by atoms with E-state index in [2.05, 4.69) is 26.1 Å². The average molecular weight is 538 g/mol. The second-order valence-electron chi connectivity index (χ2n) is 10.8. The van der Waals surface area contributed by atoms with Crippen molar-refractivity contribution in [2.45, 2.75) is 64.3 Å². The predicted octanol–water partition coefficient (Wildman–Crippen LogP) is 4.04. The van der Waals surface area contributed by atoms with Crippen molar-refractivity contribution in [1.82, 2.24) is 29.8 Å². The molecule has 0 radical (unpaired) electrons. The van der Waals surface area contributed by atoms with Gasteiger partial charge in [0.1, 0.15) is 17.6 Å². The van der Waals surface area contributed by atoms with Crippen molar-refractivity contribution in [2.75, 3.05) is 18.0 Å². The fraction of sp³-hybridized carbons (Fsp3) is 0.387. The molecule has 0 N–H and O–H groups in total. The van der Waals surface area contributed by atoms with Gasteiger partial charge in [0.05, 0.1) is 5.69 Å². The van der Waals surface area contributed by atoms with Crippen LogP contribution in [0.1, 0.15) is 43.9 Å². The van der Waals surface area contributed by atoms with Crippen molar-refractivity contribution < 1.29 is 9.59 Å². The highest BCUT2D eigenvalue weighted by molar-refractivity contribution is 5.92. The topological polar surface area (TPSA) is 87.5 Å². The Hall–Kier alpha value is -4.11. The summed E-state index contributed by atoms with van der Waals surface area (Å²) in [5.74, 6) is -0.0238. The van der Waals surface area contributed by atoms with Crippen molar-refractivity contribution >= 4 is 28.5 Å². The Bertz CT molecular complexity index is 1450. The molecule has 0 spiro atoms. The first-order chi connectivity index (χ1) is 19.5. The number of hydrogen-bond acceptors (Lipinski definition) is 6. The zero-order valence-corrected chi connectivity index (χ0v) is 22.9. The van der Waals surface area contributed by atoms with Gasteiger partial charge < -0.3 is 9.80 Å². The van der Waals surface area contributed by atoms with Crippen LogP contribution in [-0.2, 0) is 29.2 Å². The first kappa shape index (κ1) is 26.1. The number of fused-ring (bicyclic) bond motifs is 4. The lowest BCUT2D eigenvalue weighted by Gasteiger charge is -2.44. The lowest BCUT2D eigenvalue weighted by molar-refractivity contribution is -0.134. The first-order valence-corrected chi connectivity index (χ1v) is 14.1. The summed E-state index contributed by atoms with van der Waals surface area (Å²) in [5.41, 5.74) is 4.41. The maximum atomic E-state index is 14.0. The molecule has 4 heterocycles. The molecule has 2 amide bonds. The summed E-state index contributed by atoms with van der Waals surface area (Å²) in [7, 11) is 0. The Balaban J connectivity index is 1.36. The third-order valence-corrected chi connectivity index (χ3v) is 8.18. The van der Waals surface area contributed by atoms with Crippen molar-refractivity contribution in [3.8, 4) is 0 Å². The van der Waals surface area contributed by atoms with Gasteiger partial charge >= 0.3 is 0 Å². The molecule has 2 atom stereocenters. The van der Waals surface area contributed by atoms with E-state index in [1.807, 2.05) is 76.7 Å². The molecule has 2 bridgehead atoms. The van der Waals surface area contributed by atoms with Crippen molar-refractivity contribution in [1.29, 1.82) is 0 Å². The van der Waals surface area contributed by atoms with E-state index in [0.717, 1.165) is 60.2 Å². The zero-order valence-electron chi connectivity index (χ0n) is 22.9. The molecule has 40 heavy (non-hydrogen) atoms. The highest BCUT2D eigenvalue weighted by Crippen LogP contribution is 2.31. The minimum absolute atomic E-state index is 0.0145. The van der Waals surface area contributed by atoms with Crippen LogP contribution < -0.4 is 4.90 Å². The summed E-state index contributed by atoms with van der Waals surface area (Å²) in [6.07, 6.45) is 5.87. The summed E-state index contributed by atoms with van der Waals surface area (Å²) in [5, 5.41) is 9.07. The minimum Gasteiger partial charge on any atom is -0.335 e. The van der Waals surface area contributed by atoms with Crippen LogP contribution in [0.25, 0.3) is 11.0 Å². The maximum Gasteiger partial charge on any atom is 0.246 e. The summed E-state index contributed by atoms with van der Waals surface area (Å²) >= 11 is 0. The quantitative estimate of drug-likeness (QED) is 0.391. The maximum absolute atomic E-state index is 14.0. The predicted molar refractivity (Wildman–Crippen MR) is 153 cm³/mol. The smallest absolute Gasteiger partial charge is 0.246 e. The molecule has 1 fully saturated rings. The Morgan fingerprint density at radius 1 is 0.875 bits per heavy atom. The number of hydrogen-bond donors (Lipinski definition) is 0. The van der Waals surface area contributed by atoms with Crippen LogP contribution in [0.3, 0.4) is 0 Å². The second kappa shape index (κ2) is 11.6. The lowest BCUT2D eigenvalue weighted by Crippen LogP contribution is -2.52. The lowest BCUT2D eigenvalue weighted by atomic mass is 9.92. The van der Waals surface area contributed by atoms with Crippen LogP contribution in [0, 0.1) is 0 Å². The summed E-state index contributed by atoms with van der Waals surface area (Å²) in [6, 6.07) is 22.1. The van der Waals surface area contributed by atoms with Gasteiger partial charge in [-0.25, -0.2) is 0 Å². The van der Waals surface area contributed by atoms with Gasteiger partial charge in [0.2, 0.25) is 11.8 Å². The van der Waals surface area contributed by atoms with Crippen LogP contribution in [-0.4, -0.2) is 66.8 Å². The molecule has 2 unspecified atom stereocenters. The third kappa shape index (κ3) is 5.60. The third-order valence-electron chi connectivity index (χ3n) is 8.18. The Morgan fingerprint density at radius 2 is 1.60 bits per heavy atom. The van der Waals surface area contributed by atoms with Crippen LogP contribution in [0.2, 0.25) is 0 Å². The number of carbonyl (C=O) groups is 2. The molecule has 9 heteroatoms. The number of carbonyl (C=O) groups excluding carboxylic acids is 2. The van der Waals surface area contributed by atoms with Crippen molar-refractivity contribution in [3.63, 3.8) is 0 Å². The largest absolute Gasteiger partial charge is 0.335 e. The number of piperidine rings is 1. The zero-order chi connectivity index (χ0) is 27.5. The van der Waals surface area contributed by atoms with Gasteiger partial charge in [0, 0.05) is 57.1 Å². The number of benzene rings is 2. The van der Waals surface area contributed by atoms with Gasteiger partial charge in [-0.1, -0.05) is 42.8 Å². The number of anilines is 1. The first-order valence-electron chi connectivity index (χ1n) is 14.1. The van der Waals surface area contributed by atoms with Crippen LogP contribution in [0.15, 0.2) is 72.9 Å². The molecule has 2 aliphatic heterocycles. The minimum atomic E-state index is -0.0383. The number of aromatic nitrogens is 4. The summed E-state index contributed by atoms with van der Waals surface area (Å²) in [4.78, 5) is 39.3. The molecule has 0 saturated carbocycles. The number of nitrogens with zero attached hydrogens (tertiary/aromatic N) is 7. The van der Waals surface area contributed by atoms with Gasteiger partial charge in [-0.2, -0.15) is 15.0 Å². The van der Waals surface area contributed by atoms with Crippen LogP contribution in [0.5, 0.6) is 0 Å². The average Bonchev–Trinajstić information content (AvgIpc) is 3.37. The van der Waals surface area contributed by atoms with E-state index in [1.54, 1.807) is 6.92 Å². The monoisotopic (exact) mass is 537 g/mol. The van der Waals surface area contributed by atoms with Crippen molar-refractivity contribution in [3.05, 3.63) is 84.2 Å². The Kier molecular flexibility index (Phi) is 7.55. The van der Waals surface area contributed by atoms with E-state index in [9.17, 15) is 9.59 Å². The molecule has 4 aromatic rings. The molecule has 0 aliphatic carbocycles. The van der Waals surface area contributed by atoms with E-state index >= 15 is 0 Å². The van der Waals surface area contributed by atoms with Gasteiger partial charge in [-0.3, -0.25) is 19.5 Å². The molecule has 2 aromatic carbocycles. The Labute approximate surface area is 234 Å². The number of para-hydroxylation sites is 1. The van der Waals surface area contributed by atoms with Gasteiger partial charge in [-0.15, -0.1) is 0 Å². The molecule has 2 aromatic heterocycles. The number of pyridine rings is 1. The number of amides is 2. The van der Waals surface area contributed by atoms with E-state index in [4.69, 9.17) is 0 Å². The van der Waals surface area contributed by atoms with Crippen molar-refractivity contribution in [2.24, 2.45) is 0 Å².